The highest BCUT2D eigenvalue weighted by atomic mass is 16.5. The molecule has 0 aliphatic rings. The number of nitrogens with zero attached hydrogens (tertiary/aromatic N) is 1. The third-order valence-electron chi connectivity index (χ3n) is 3.13. The number of aromatic carboxylic acids is 1. The van der Waals surface area contributed by atoms with Crippen LogP contribution in [0.4, 0.5) is 0 Å². The minimum absolute atomic E-state index is 0.134. The Balaban J connectivity index is 2.72. The number of carboxylic acids is 1. The molecule has 0 spiro atoms. The van der Waals surface area contributed by atoms with Crippen molar-refractivity contribution < 1.29 is 19.4 Å². The van der Waals surface area contributed by atoms with Gasteiger partial charge in [0.2, 0.25) is 0 Å². The van der Waals surface area contributed by atoms with Gasteiger partial charge in [0.1, 0.15) is 22.8 Å². The molecule has 0 amide bonds. The summed E-state index contributed by atoms with van der Waals surface area (Å²) in [5, 5.41) is 16.1. The molecule has 2 N–H and O–H groups in total. The Morgan fingerprint density at radius 3 is 2.40 bits per heavy atom. The summed E-state index contributed by atoms with van der Waals surface area (Å²) in [6, 6.07) is 3.53. The Morgan fingerprint density at radius 1 is 1.20 bits per heavy atom. The van der Waals surface area contributed by atoms with Crippen molar-refractivity contribution in [1.29, 1.82) is 0 Å². The van der Waals surface area contributed by atoms with Gasteiger partial charge in [-0.25, -0.2) is 4.79 Å². The SMILES string of the molecule is COc1cc(-c2n[nH]c(C)c2C(=O)O)c(OC)cc1C. The monoisotopic (exact) mass is 276 g/mol. The van der Waals surface area contributed by atoms with Crippen LogP contribution in [0.5, 0.6) is 11.5 Å². The molecule has 1 aromatic heterocycles. The minimum atomic E-state index is -1.03. The first-order valence-corrected chi connectivity index (χ1v) is 6.00. The van der Waals surface area contributed by atoms with Crippen molar-refractivity contribution in [3.8, 4) is 22.8 Å². The van der Waals surface area contributed by atoms with Gasteiger partial charge < -0.3 is 14.6 Å². The van der Waals surface area contributed by atoms with Crippen molar-refractivity contribution in [2.45, 2.75) is 13.8 Å². The summed E-state index contributed by atoms with van der Waals surface area (Å²) in [4.78, 5) is 11.4. The number of nitrogens with one attached hydrogen (secondary N) is 1. The van der Waals surface area contributed by atoms with Crippen molar-refractivity contribution in [1.82, 2.24) is 10.2 Å². The van der Waals surface area contributed by atoms with Crippen molar-refractivity contribution in [3.05, 3.63) is 29.0 Å². The predicted octanol–water partition coefficient (Wildman–Crippen LogP) is 2.41. The fraction of sp³-hybridized carbons (Fsp3) is 0.286. The Hall–Kier alpha value is -2.50. The third kappa shape index (κ3) is 2.20. The number of carbonyl (C=O) groups is 1. The molecular weight excluding hydrogens is 260 g/mol. The van der Waals surface area contributed by atoms with E-state index in [9.17, 15) is 9.90 Å². The molecule has 1 heterocycles. The van der Waals surface area contributed by atoms with Gasteiger partial charge in [-0.2, -0.15) is 5.10 Å². The van der Waals surface area contributed by atoms with Gasteiger partial charge in [0.25, 0.3) is 0 Å². The Morgan fingerprint density at radius 2 is 1.85 bits per heavy atom. The normalized spacial score (nSPS) is 10.4. The second-order valence-electron chi connectivity index (χ2n) is 4.40. The molecule has 0 unspecified atom stereocenters. The fourth-order valence-electron chi connectivity index (χ4n) is 2.12. The van der Waals surface area contributed by atoms with Gasteiger partial charge in [0.15, 0.2) is 0 Å². The van der Waals surface area contributed by atoms with E-state index in [4.69, 9.17) is 9.47 Å². The largest absolute Gasteiger partial charge is 0.496 e. The molecule has 0 aliphatic heterocycles. The number of methoxy groups -OCH3 is 2. The number of hydrogen-bond acceptors (Lipinski definition) is 4. The summed E-state index contributed by atoms with van der Waals surface area (Å²) in [5.74, 6) is 0.169. The van der Waals surface area contributed by atoms with E-state index in [1.54, 1.807) is 26.2 Å². The maximum Gasteiger partial charge on any atom is 0.339 e. The van der Waals surface area contributed by atoms with Crippen LogP contribution in [0.1, 0.15) is 21.6 Å². The second-order valence-corrected chi connectivity index (χ2v) is 4.40. The predicted molar refractivity (Wildman–Crippen MR) is 73.6 cm³/mol. The van der Waals surface area contributed by atoms with E-state index < -0.39 is 5.97 Å². The fourth-order valence-corrected chi connectivity index (χ4v) is 2.12. The highest BCUT2D eigenvalue weighted by Gasteiger charge is 2.22. The van der Waals surface area contributed by atoms with Gasteiger partial charge in [-0.15, -0.1) is 0 Å². The number of aromatic amines is 1. The van der Waals surface area contributed by atoms with Crippen LogP contribution < -0.4 is 9.47 Å². The van der Waals surface area contributed by atoms with E-state index >= 15 is 0 Å². The van der Waals surface area contributed by atoms with E-state index in [0.717, 1.165) is 5.56 Å². The average Bonchev–Trinajstić information content (AvgIpc) is 2.80. The zero-order chi connectivity index (χ0) is 14.9. The Labute approximate surface area is 116 Å². The molecule has 0 saturated heterocycles. The first-order valence-electron chi connectivity index (χ1n) is 6.00. The Kier molecular flexibility index (Phi) is 3.65. The van der Waals surface area contributed by atoms with Gasteiger partial charge in [0.05, 0.1) is 14.2 Å². The number of aromatic nitrogens is 2. The molecule has 0 bridgehead atoms. The highest BCUT2D eigenvalue weighted by Crippen LogP contribution is 2.37. The van der Waals surface area contributed by atoms with Gasteiger partial charge in [-0.3, -0.25) is 5.10 Å². The van der Waals surface area contributed by atoms with Crippen LogP contribution in [0.15, 0.2) is 12.1 Å². The highest BCUT2D eigenvalue weighted by molar-refractivity contribution is 5.97. The van der Waals surface area contributed by atoms with Crippen LogP contribution in [0, 0.1) is 13.8 Å². The van der Waals surface area contributed by atoms with Gasteiger partial charge in [-0.05, 0) is 31.5 Å². The molecule has 1 aromatic carbocycles. The zero-order valence-corrected chi connectivity index (χ0v) is 11.8. The summed E-state index contributed by atoms with van der Waals surface area (Å²) in [7, 11) is 3.09. The summed E-state index contributed by atoms with van der Waals surface area (Å²) in [6.45, 7) is 3.55. The van der Waals surface area contributed by atoms with Crippen LogP contribution in [0.3, 0.4) is 0 Å². The molecule has 0 aliphatic carbocycles. The van der Waals surface area contributed by atoms with E-state index in [1.807, 2.05) is 6.92 Å². The standard InChI is InChI=1S/C14H16N2O4/c1-7-5-11(20-4)9(6-10(7)19-3)13-12(14(17)18)8(2)15-16-13/h5-6H,1-4H3,(H,15,16)(H,17,18). The van der Waals surface area contributed by atoms with Crippen LogP contribution >= 0.6 is 0 Å². The molecular formula is C14H16N2O4. The summed E-state index contributed by atoms with van der Waals surface area (Å²) in [5.41, 5.74) is 2.45. The number of benzene rings is 1. The minimum Gasteiger partial charge on any atom is -0.496 e. The summed E-state index contributed by atoms with van der Waals surface area (Å²) < 4.78 is 10.6. The molecule has 2 aromatic rings. The molecule has 106 valence electrons. The topological polar surface area (TPSA) is 84.4 Å². The van der Waals surface area contributed by atoms with Gasteiger partial charge in [-0.1, -0.05) is 0 Å². The third-order valence-corrected chi connectivity index (χ3v) is 3.13. The molecule has 2 rings (SSSR count). The van der Waals surface area contributed by atoms with Crippen LogP contribution in [-0.4, -0.2) is 35.5 Å². The molecule has 0 radical (unpaired) electrons. The van der Waals surface area contributed by atoms with Crippen LogP contribution in [0.25, 0.3) is 11.3 Å². The van der Waals surface area contributed by atoms with E-state index in [-0.39, 0.29) is 5.56 Å². The van der Waals surface area contributed by atoms with E-state index in [2.05, 4.69) is 10.2 Å². The van der Waals surface area contributed by atoms with Gasteiger partial charge >= 0.3 is 5.97 Å². The molecule has 0 saturated carbocycles. The lowest BCUT2D eigenvalue weighted by Gasteiger charge is -2.12. The molecule has 6 heteroatoms. The number of carboxylic acid groups (broad SMARTS) is 1. The smallest absolute Gasteiger partial charge is 0.339 e. The van der Waals surface area contributed by atoms with Crippen molar-refractivity contribution >= 4 is 5.97 Å². The number of ether oxygens (including phenoxy) is 2. The number of H-pyrrole nitrogens is 1. The lowest BCUT2D eigenvalue weighted by molar-refractivity contribution is 0.0697. The van der Waals surface area contributed by atoms with Gasteiger partial charge in [0, 0.05) is 11.3 Å². The molecule has 0 fully saturated rings. The van der Waals surface area contributed by atoms with E-state index in [1.165, 1.54) is 7.11 Å². The maximum atomic E-state index is 11.4. The number of hydrogen-bond donors (Lipinski definition) is 2. The first-order chi connectivity index (χ1) is 9.49. The molecule has 0 atom stereocenters. The van der Waals surface area contributed by atoms with Crippen LogP contribution in [-0.2, 0) is 0 Å². The van der Waals surface area contributed by atoms with Crippen molar-refractivity contribution in [2.75, 3.05) is 14.2 Å². The Bertz CT molecular complexity index is 661. The molecule has 6 nitrogen and oxygen atoms in total. The lowest BCUT2D eigenvalue weighted by atomic mass is 10.0. The summed E-state index contributed by atoms with van der Waals surface area (Å²) in [6.07, 6.45) is 0. The maximum absolute atomic E-state index is 11.4. The quantitative estimate of drug-likeness (QED) is 0.895. The lowest BCUT2D eigenvalue weighted by Crippen LogP contribution is -2.01. The molecule has 20 heavy (non-hydrogen) atoms. The zero-order valence-electron chi connectivity index (χ0n) is 11.8. The number of aryl methyl sites for hydroxylation is 2. The average molecular weight is 276 g/mol. The second kappa shape index (κ2) is 5.24. The summed E-state index contributed by atoms with van der Waals surface area (Å²) >= 11 is 0. The number of rotatable bonds is 4. The van der Waals surface area contributed by atoms with Crippen molar-refractivity contribution in [2.24, 2.45) is 0 Å². The van der Waals surface area contributed by atoms with Crippen molar-refractivity contribution in [3.63, 3.8) is 0 Å². The van der Waals surface area contributed by atoms with E-state index in [0.29, 0.717) is 28.5 Å². The van der Waals surface area contributed by atoms with Crippen LogP contribution in [0.2, 0.25) is 0 Å². The first kappa shape index (κ1) is 13.9.